The highest BCUT2D eigenvalue weighted by Crippen LogP contribution is 2.30. The number of likely N-dealkylation sites (tertiary alicyclic amines) is 1. The highest BCUT2D eigenvalue weighted by molar-refractivity contribution is 5.83. The van der Waals surface area contributed by atoms with Crippen molar-refractivity contribution >= 4 is 11.8 Å². The number of hydrogen-bond acceptors (Lipinski definition) is 6. The van der Waals surface area contributed by atoms with Gasteiger partial charge in [-0.3, -0.25) is 24.4 Å². The van der Waals surface area contributed by atoms with Gasteiger partial charge < -0.3 is 15.4 Å². The molecule has 2 aliphatic rings. The highest BCUT2D eigenvalue weighted by atomic mass is 19.4. The van der Waals surface area contributed by atoms with E-state index >= 15 is 0 Å². The summed E-state index contributed by atoms with van der Waals surface area (Å²) < 4.78 is 41.8. The van der Waals surface area contributed by atoms with Crippen LogP contribution in [0.3, 0.4) is 0 Å². The zero-order chi connectivity index (χ0) is 25.7. The Labute approximate surface area is 207 Å². The molecule has 3 heterocycles. The predicted molar refractivity (Wildman–Crippen MR) is 126 cm³/mol. The van der Waals surface area contributed by atoms with E-state index in [9.17, 15) is 22.8 Å². The molecule has 0 saturated carbocycles. The SMILES string of the molecule is CN1C(CCC(=O)NCc2cccnc2)CNC(=O)C2C1CCN2Cc1cccc(OC(F)(F)F)c1. The van der Waals surface area contributed by atoms with Crippen molar-refractivity contribution in [3.63, 3.8) is 0 Å². The van der Waals surface area contributed by atoms with E-state index in [2.05, 4.69) is 25.3 Å². The second kappa shape index (κ2) is 11.3. The first-order chi connectivity index (χ1) is 17.2. The van der Waals surface area contributed by atoms with Crippen LogP contribution < -0.4 is 15.4 Å². The van der Waals surface area contributed by atoms with Gasteiger partial charge in [0.2, 0.25) is 11.8 Å². The summed E-state index contributed by atoms with van der Waals surface area (Å²) in [5.74, 6) is -0.441. The number of hydrogen-bond donors (Lipinski definition) is 2. The lowest BCUT2D eigenvalue weighted by Gasteiger charge is -2.33. The lowest BCUT2D eigenvalue weighted by Crippen LogP contribution is -2.49. The Bertz CT molecular complexity index is 1050. The molecule has 2 fully saturated rings. The number of likely N-dealkylation sites (N-methyl/N-ethyl adjacent to an activating group) is 1. The number of ether oxygens (including phenoxy) is 1. The van der Waals surface area contributed by atoms with Crippen LogP contribution in [0.4, 0.5) is 13.2 Å². The zero-order valence-electron chi connectivity index (χ0n) is 20.0. The van der Waals surface area contributed by atoms with E-state index in [-0.39, 0.29) is 29.6 Å². The lowest BCUT2D eigenvalue weighted by molar-refractivity contribution is -0.274. The second-order valence-corrected chi connectivity index (χ2v) is 9.21. The Morgan fingerprint density at radius 3 is 2.81 bits per heavy atom. The monoisotopic (exact) mass is 505 g/mol. The summed E-state index contributed by atoms with van der Waals surface area (Å²) in [4.78, 5) is 33.6. The summed E-state index contributed by atoms with van der Waals surface area (Å²) in [6, 6.07) is 9.08. The minimum atomic E-state index is -4.76. The van der Waals surface area contributed by atoms with Crippen LogP contribution in [-0.2, 0) is 22.7 Å². The lowest BCUT2D eigenvalue weighted by atomic mass is 10.0. The fourth-order valence-corrected chi connectivity index (χ4v) is 4.99. The van der Waals surface area contributed by atoms with Gasteiger partial charge in [-0.05, 0) is 49.2 Å². The third kappa shape index (κ3) is 6.73. The molecule has 1 aromatic heterocycles. The van der Waals surface area contributed by atoms with E-state index < -0.39 is 12.4 Å². The molecule has 1 aromatic carbocycles. The van der Waals surface area contributed by atoms with Crippen molar-refractivity contribution in [2.45, 2.75) is 56.8 Å². The van der Waals surface area contributed by atoms with Crippen molar-refractivity contribution < 1.29 is 27.5 Å². The molecule has 11 heteroatoms. The average molecular weight is 506 g/mol. The fourth-order valence-electron chi connectivity index (χ4n) is 4.99. The van der Waals surface area contributed by atoms with Crippen molar-refractivity contribution in [1.82, 2.24) is 25.4 Å². The molecule has 2 aromatic rings. The maximum atomic E-state index is 13.0. The normalized spacial score (nSPS) is 23.0. The fraction of sp³-hybridized carbons (Fsp3) is 0.480. The minimum absolute atomic E-state index is 0.00319. The number of benzene rings is 1. The maximum Gasteiger partial charge on any atom is 0.573 e. The van der Waals surface area contributed by atoms with Crippen LogP contribution in [-0.4, -0.2) is 71.2 Å². The summed E-state index contributed by atoms with van der Waals surface area (Å²) >= 11 is 0. The molecule has 2 aliphatic heterocycles. The average Bonchev–Trinajstić information content (AvgIpc) is 3.20. The van der Waals surface area contributed by atoms with Gasteiger partial charge in [-0.1, -0.05) is 18.2 Å². The Morgan fingerprint density at radius 1 is 1.25 bits per heavy atom. The van der Waals surface area contributed by atoms with E-state index in [1.807, 2.05) is 24.1 Å². The van der Waals surface area contributed by atoms with Crippen LogP contribution in [0.25, 0.3) is 0 Å². The molecule has 8 nitrogen and oxygen atoms in total. The summed E-state index contributed by atoms with van der Waals surface area (Å²) in [5.41, 5.74) is 1.56. The number of aromatic nitrogens is 1. The van der Waals surface area contributed by atoms with Gasteiger partial charge in [0, 0.05) is 57.1 Å². The van der Waals surface area contributed by atoms with Gasteiger partial charge in [-0.2, -0.15) is 0 Å². The van der Waals surface area contributed by atoms with E-state index in [1.165, 1.54) is 18.2 Å². The number of alkyl halides is 3. The summed E-state index contributed by atoms with van der Waals surface area (Å²) in [5, 5.41) is 5.90. The molecule has 4 rings (SSSR count). The first kappa shape index (κ1) is 25.9. The van der Waals surface area contributed by atoms with Crippen LogP contribution in [0, 0.1) is 0 Å². The highest BCUT2D eigenvalue weighted by Gasteiger charge is 2.45. The predicted octanol–water partition coefficient (Wildman–Crippen LogP) is 2.45. The number of rotatable bonds is 8. The third-order valence-corrected chi connectivity index (χ3v) is 6.78. The first-order valence-corrected chi connectivity index (χ1v) is 11.9. The van der Waals surface area contributed by atoms with Crippen LogP contribution in [0.5, 0.6) is 5.75 Å². The molecule has 0 spiro atoms. The molecular formula is C25H30F3N5O3. The van der Waals surface area contributed by atoms with Crippen LogP contribution in [0.2, 0.25) is 0 Å². The van der Waals surface area contributed by atoms with Gasteiger partial charge in [0.15, 0.2) is 0 Å². The van der Waals surface area contributed by atoms with Gasteiger partial charge in [-0.25, -0.2) is 0 Å². The van der Waals surface area contributed by atoms with Gasteiger partial charge in [0.05, 0.1) is 0 Å². The van der Waals surface area contributed by atoms with Gasteiger partial charge >= 0.3 is 6.36 Å². The number of pyridine rings is 1. The number of amides is 2. The van der Waals surface area contributed by atoms with Crippen molar-refractivity contribution in [1.29, 1.82) is 0 Å². The molecule has 0 radical (unpaired) electrons. The largest absolute Gasteiger partial charge is 0.573 e. The number of halogens is 3. The Kier molecular flexibility index (Phi) is 8.10. The molecule has 2 amide bonds. The molecule has 0 aliphatic carbocycles. The van der Waals surface area contributed by atoms with Crippen LogP contribution in [0.1, 0.15) is 30.4 Å². The summed E-state index contributed by atoms with van der Waals surface area (Å²) in [7, 11) is 1.97. The number of carbonyl (C=O) groups is 2. The first-order valence-electron chi connectivity index (χ1n) is 11.9. The molecular weight excluding hydrogens is 475 g/mol. The quantitative estimate of drug-likeness (QED) is 0.573. The van der Waals surface area contributed by atoms with Gasteiger partial charge in [0.1, 0.15) is 11.8 Å². The topological polar surface area (TPSA) is 86.8 Å². The van der Waals surface area contributed by atoms with Crippen molar-refractivity contribution in [2.75, 3.05) is 20.1 Å². The second-order valence-electron chi connectivity index (χ2n) is 9.21. The van der Waals surface area contributed by atoms with Crippen molar-refractivity contribution in [2.24, 2.45) is 0 Å². The molecule has 194 valence electrons. The molecule has 2 saturated heterocycles. The molecule has 2 N–H and O–H groups in total. The van der Waals surface area contributed by atoms with Crippen LogP contribution >= 0.6 is 0 Å². The number of fused-ring (bicyclic) bond motifs is 1. The van der Waals surface area contributed by atoms with E-state index in [4.69, 9.17) is 0 Å². The van der Waals surface area contributed by atoms with E-state index in [0.717, 1.165) is 12.0 Å². The maximum absolute atomic E-state index is 13.0. The smallest absolute Gasteiger partial charge is 0.406 e. The van der Waals surface area contributed by atoms with E-state index in [0.29, 0.717) is 44.6 Å². The third-order valence-electron chi connectivity index (χ3n) is 6.78. The molecule has 36 heavy (non-hydrogen) atoms. The minimum Gasteiger partial charge on any atom is -0.406 e. The number of nitrogens with zero attached hydrogens (tertiary/aromatic N) is 3. The Balaban J connectivity index is 1.34. The van der Waals surface area contributed by atoms with Gasteiger partial charge in [0.25, 0.3) is 0 Å². The molecule has 0 bridgehead atoms. The van der Waals surface area contributed by atoms with E-state index in [1.54, 1.807) is 18.5 Å². The summed E-state index contributed by atoms with van der Waals surface area (Å²) in [6.07, 6.45) is 0.301. The zero-order valence-corrected chi connectivity index (χ0v) is 20.0. The van der Waals surface area contributed by atoms with Gasteiger partial charge in [-0.15, -0.1) is 13.2 Å². The standard InChI is InChI=1S/C25H30F3N5O3/c1-32-19(7-8-22(34)30-14-18-5-3-10-29-13-18)15-31-24(35)23-21(32)9-11-33(23)16-17-4-2-6-20(12-17)36-25(26,27)28/h2-6,10,12-13,19,21,23H,7-9,11,14-16H2,1H3,(H,30,34)(H,31,35). The number of carbonyl (C=O) groups excluding carboxylic acids is 2. The Morgan fingerprint density at radius 2 is 2.06 bits per heavy atom. The number of nitrogens with one attached hydrogen (secondary N) is 2. The van der Waals surface area contributed by atoms with Crippen molar-refractivity contribution in [3.8, 4) is 5.75 Å². The summed E-state index contributed by atoms with van der Waals surface area (Å²) in [6.45, 7) is 1.81. The molecule has 3 unspecified atom stereocenters. The molecule has 3 atom stereocenters. The van der Waals surface area contributed by atoms with Crippen LogP contribution in [0.15, 0.2) is 48.8 Å². The Hall–Kier alpha value is -3.18. The van der Waals surface area contributed by atoms with Crippen molar-refractivity contribution in [3.05, 3.63) is 59.9 Å².